The monoisotopic (exact) mass is 462 g/mol. The van der Waals surface area contributed by atoms with E-state index in [0.29, 0.717) is 5.69 Å². The average Bonchev–Trinajstić information content (AvgIpc) is 3.02. The summed E-state index contributed by atoms with van der Waals surface area (Å²) in [6.07, 6.45) is -0.0772. The normalized spacial score (nSPS) is 19.0. The lowest BCUT2D eigenvalue weighted by Gasteiger charge is -2.34. The second kappa shape index (κ2) is 8.49. The van der Waals surface area contributed by atoms with E-state index in [0.717, 1.165) is 36.2 Å². The molecule has 2 aromatic rings. The fourth-order valence-corrected chi connectivity index (χ4v) is 5.36. The fourth-order valence-electron chi connectivity index (χ4n) is 3.70. The molecule has 10 heteroatoms. The van der Waals surface area contributed by atoms with Gasteiger partial charge < -0.3 is 15.1 Å². The molecule has 0 bridgehead atoms. The van der Waals surface area contributed by atoms with Crippen molar-refractivity contribution in [1.82, 2.24) is 4.90 Å². The molecule has 2 saturated heterocycles. The molecule has 2 fully saturated rings. The van der Waals surface area contributed by atoms with Crippen LogP contribution in [0.1, 0.15) is 16.8 Å². The highest BCUT2D eigenvalue weighted by atomic mass is 35.5. The third-order valence-electron chi connectivity index (χ3n) is 5.50. The van der Waals surface area contributed by atoms with Gasteiger partial charge in [0.25, 0.3) is 5.91 Å². The minimum Gasteiger partial charge on any atom is -0.369 e. The number of nitrogens with zero attached hydrogens (tertiary/aromatic N) is 3. The van der Waals surface area contributed by atoms with Gasteiger partial charge in [-0.15, -0.1) is 0 Å². The lowest BCUT2D eigenvalue weighted by Crippen LogP contribution is -2.44. The highest BCUT2D eigenvalue weighted by molar-refractivity contribution is 7.94. The van der Waals surface area contributed by atoms with Crippen LogP contribution >= 0.6 is 11.6 Å². The minimum atomic E-state index is -3.72. The maximum absolute atomic E-state index is 12.8. The Balaban J connectivity index is 1.50. The standard InChI is InChI=1S/C21H23ClN4O4S/c1-24-9-11-25(12-10-24)16-4-2-15(3-5-16)23-21(28)18-14-17(6-7-19(18)22)26-20(27)8-13-31(26,29)30/h2-7,14H,8-13H2,1H3,(H,23,28). The number of benzene rings is 2. The Kier molecular flexibility index (Phi) is 5.92. The largest absolute Gasteiger partial charge is 0.369 e. The molecule has 0 saturated carbocycles. The van der Waals surface area contributed by atoms with Crippen LogP contribution in [0.3, 0.4) is 0 Å². The number of piperazine rings is 1. The molecule has 2 heterocycles. The third-order valence-corrected chi connectivity index (χ3v) is 7.52. The zero-order valence-corrected chi connectivity index (χ0v) is 18.6. The van der Waals surface area contributed by atoms with Crippen LogP contribution < -0.4 is 14.5 Å². The maximum atomic E-state index is 12.8. The number of halogens is 1. The summed E-state index contributed by atoms with van der Waals surface area (Å²) in [7, 11) is -1.62. The predicted molar refractivity (Wildman–Crippen MR) is 121 cm³/mol. The first kappa shape index (κ1) is 21.6. The molecule has 0 spiro atoms. The van der Waals surface area contributed by atoms with E-state index in [2.05, 4.69) is 22.2 Å². The average molecular weight is 463 g/mol. The second-order valence-electron chi connectivity index (χ2n) is 7.68. The zero-order chi connectivity index (χ0) is 22.2. The van der Waals surface area contributed by atoms with Gasteiger partial charge in [0.2, 0.25) is 15.9 Å². The summed E-state index contributed by atoms with van der Waals surface area (Å²) in [5.74, 6) is -1.24. The highest BCUT2D eigenvalue weighted by Gasteiger charge is 2.36. The summed E-state index contributed by atoms with van der Waals surface area (Å²) < 4.78 is 25.1. The Hall–Kier alpha value is -2.62. The van der Waals surface area contributed by atoms with E-state index < -0.39 is 21.8 Å². The van der Waals surface area contributed by atoms with E-state index in [9.17, 15) is 18.0 Å². The van der Waals surface area contributed by atoms with Gasteiger partial charge in [0.15, 0.2) is 0 Å². The van der Waals surface area contributed by atoms with Crippen molar-refractivity contribution in [3.63, 3.8) is 0 Å². The SMILES string of the molecule is CN1CCN(c2ccc(NC(=O)c3cc(N4C(=O)CCS4(=O)=O)ccc3Cl)cc2)CC1. The van der Waals surface area contributed by atoms with Crippen LogP contribution in [0.15, 0.2) is 42.5 Å². The smallest absolute Gasteiger partial charge is 0.257 e. The molecule has 2 aliphatic heterocycles. The van der Waals surface area contributed by atoms with Crippen LogP contribution in [0.5, 0.6) is 0 Å². The molecule has 2 amide bonds. The molecule has 2 aromatic carbocycles. The first-order chi connectivity index (χ1) is 14.7. The molecule has 2 aliphatic rings. The van der Waals surface area contributed by atoms with E-state index in [1.807, 2.05) is 24.3 Å². The van der Waals surface area contributed by atoms with E-state index in [1.54, 1.807) is 0 Å². The van der Waals surface area contributed by atoms with E-state index in [4.69, 9.17) is 11.6 Å². The Morgan fingerprint density at radius 1 is 1.00 bits per heavy atom. The van der Waals surface area contributed by atoms with Crippen molar-refractivity contribution in [3.8, 4) is 0 Å². The molecule has 31 heavy (non-hydrogen) atoms. The summed E-state index contributed by atoms with van der Waals surface area (Å²) in [4.78, 5) is 29.4. The first-order valence-corrected chi connectivity index (χ1v) is 11.9. The molecular weight excluding hydrogens is 440 g/mol. The van der Waals surface area contributed by atoms with Crippen molar-refractivity contribution < 1.29 is 18.0 Å². The molecule has 0 atom stereocenters. The number of rotatable bonds is 4. The molecule has 0 aliphatic carbocycles. The molecule has 0 aromatic heterocycles. The Morgan fingerprint density at radius 2 is 1.65 bits per heavy atom. The molecule has 1 N–H and O–H groups in total. The van der Waals surface area contributed by atoms with Crippen molar-refractivity contribution >= 4 is 50.5 Å². The number of carbonyl (C=O) groups excluding carboxylic acids is 2. The van der Waals surface area contributed by atoms with E-state index in [1.165, 1.54) is 18.2 Å². The van der Waals surface area contributed by atoms with Crippen LogP contribution in [0.2, 0.25) is 5.02 Å². The molecule has 0 radical (unpaired) electrons. The van der Waals surface area contributed by atoms with E-state index >= 15 is 0 Å². The summed E-state index contributed by atoms with van der Waals surface area (Å²) in [5, 5.41) is 2.95. The number of nitrogens with one attached hydrogen (secondary N) is 1. The topological polar surface area (TPSA) is 90.0 Å². The van der Waals surface area contributed by atoms with Gasteiger partial charge in [0.05, 0.1) is 22.0 Å². The molecular formula is C21H23ClN4O4S. The lowest BCUT2D eigenvalue weighted by atomic mass is 10.1. The van der Waals surface area contributed by atoms with Crippen molar-refractivity contribution in [2.24, 2.45) is 0 Å². The molecule has 164 valence electrons. The van der Waals surface area contributed by atoms with Crippen molar-refractivity contribution in [3.05, 3.63) is 53.1 Å². The number of sulfonamides is 1. The highest BCUT2D eigenvalue weighted by Crippen LogP contribution is 2.29. The van der Waals surface area contributed by atoms with E-state index in [-0.39, 0.29) is 28.4 Å². The Morgan fingerprint density at radius 3 is 2.26 bits per heavy atom. The predicted octanol–water partition coefficient (Wildman–Crippen LogP) is 2.41. The summed E-state index contributed by atoms with van der Waals surface area (Å²) in [6, 6.07) is 11.7. The number of likely N-dealkylation sites (N-methyl/N-ethyl adjacent to an activating group) is 1. The first-order valence-electron chi connectivity index (χ1n) is 9.95. The van der Waals surface area contributed by atoms with Gasteiger partial charge in [-0.1, -0.05) is 11.6 Å². The summed E-state index contributed by atoms with van der Waals surface area (Å²) >= 11 is 6.19. The minimum absolute atomic E-state index is 0.0772. The van der Waals surface area contributed by atoms with Crippen LogP contribution in [0, 0.1) is 0 Å². The van der Waals surface area contributed by atoms with Crippen LogP contribution in [-0.4, -0.2) is 64.1 Å². The number of amides is 2. The Labute approximate surface area is 186 Å². The molecule has 4 rings (SSSR count). The van der Waals surface area contributed by atoms with Gasteiger partial charge in [-0.05, 0) is 49.5 Å². The fraction of sp³-hybridized carbons (Fsp3) is 0.333. The van der Waals surface area contributed by atoms with Crippen LogP contribution in [-0.2, 0) is 14.8 Å². The van der Waals surface area contributed by atoms with Gasteiger partial charge in [-0.2, -0.15) is 0 Å². The van der Waals surface area contributed by atoms with Crippen LogP contribution in [0.4, 0.5) is 17.1 Å². The van der Waals surface area contributed by atoms with Crippen molar-refractivity contribution in [2.45, 2.75) is 6.42 Å². The van der Waals surface area contributed by atoms with Gasteiger partial charge in [0.1, 0.15) is 0 Å². The Bertz CT molecular complexity index is 1110. The third kappa shape index (κ3) is 4.53. The van der Waals surface area contributed by atoms with Gasteiger partial charge in [-0.25, -0.2) is 12.7 Å². The number of hydrogen-bond acceptors (Lipinski definition) is 6. The summed E-state index contributed by atoms with van der Waals surface area (Å²) in [5.41, 5.74) is 1.89. The van der Waals surface area contributed by atoms with Gasteiger partial charge in [0, 0.05) is 44.0 Å². The van der Waals surface area contributed by atoms with Crippen molar-refractivity contribution in [1.29, 1.82) is 0 Å². The number of carbonyl (C=O) groups is 2. The quantitative estimate of drug-likeness (QED) is 0.750. The molecule has 0 unspecified atom stereocenters. The summed E-state index contributed by atoms with van der Waals surface area (Å²) in [6.45, 7) is 3.90. The lowest BCUT2D eigenvalue weighted by molar-refractivity contribution is -0.116. The van der Waals surface area contributed by atoms with Gasteiger partial charge >= 0.3 is 0 Å². The van der Waals surface area contributed by atoms with Gasteiger partial charge in [-0.3, -0.25) is 9.59 Å². The molecule has 8 nitrogen and oxygen atoms in total. The number of hydrogen-bond donors (Lipinski definition) is 1. The van der Waals surface area contributed by atoms with Crippen LogP contribution in [0.25, 0.3) is 0 Å². The maximum Gasteiger partial charge on any atom is 0.257 e. The number of anilines is 3. The second-order valence-corrected chi connectivity index (χ2v) is 10.0. The van der Waals surface area contributed by atoms with Crippen molar-refractivity contribution in [2.75, 3.05) is 53.5 Å². The zero-order valence-electron chi connectivity index (χ0n) is 17.0.